The van der Waals surface area contributed by atoms with Crippen LogP contribution in [-0.4, -0.2) is 4.57 Å². The summed E-state index contributed by atoms with van der Waals surface area (Å²) in [6.07, 6.45) is 0. The molecule has 2 N–H and O–H groups in total. The van der Waals surface area contributed by atoms with Gasteiger partial charge in [-0.25, -0.2) is 0 Å². The van der Waals surface area contributed by atoms with E-state index < -0.39 is 0 Å². The second-order valence-corrected chi connectivity index (χ2v) is 4.36. The molecule has 0 unspecified atom stereocenters. The van der Waals surface area contributed by atoms with E-state index in [4.69, 9.17) is 17.3 Å². The molecule has 0 amide bonds. The Morgan fingerprint density at radius 1 is 1.50 bits per heavy atom. The lowest BCUT2D eigenvalue weighted by molar-refractivity contribution is 0.844. The first-order valence-corrected chi connectivity index (χ1v) is 5.45. The number of rotatable bonds is 1. The van der Waals surface area contributed by atoms with E-state index in [9.17, 15) is 0 Å². The van der Waals surface area contributed by atoms with Crippen LogP contribution in [0.25, 0.3) is 10.9 Å². The third-order valence-corrected chi connectivity index (χ3v) is 3.60. The molecule has 1 heterocycles. The SMILES string of the molecule is Cn1c(CN)c(Br)c2cccc(Cl)c21. The van der Waals surface area contributed by atoms with Crippen molar-refractivity contribution in [1.82, 2.24) is 4.57 Å². The molecule has 0 radical (unpaired) electrons. The van der Waals surface area contributed by atoms with E-state index in [0.29, 0.717) is 6.54 Å². The Balaban J connectivity index is 2.94. The van der Waals surface area contributed by atoms with Crippen molar-refractivity contribution in [2.45, 2.75) is 6.54 Å². The molecule has 0 aliphatic carbocycles. The summed E-state index contributed by atoms with van der Waals surface area (Å²) in [5, 5.41) is 1.87. The summed E-state index contributed by atoms with van der Waals surface area (Å²) < 4.78 is 3.07. The monoisotopic (exact) mass is 272 g/mol. The summed E-state index contributed by atoms with van der Waals surface area (Å²) >= 11 is 9.66. The minimum Gasteiger partial charge on any atom is -0.344 e. The van der Waals surface area contributed by atoms with Gasteiger partial charge in [0.1, 0.15) is 0 Å². The van der Waals surface area contributed by atoms with E-state index in [-0.39, 0.29) is 0 Å². The first kappa shape index (κ1) is 10.0. The van der Waals surface area contributed by atoms with E-state index in [1.807, 2.05) is 29.8 Å². The van der Waals surface area contributed by atoms with Crippen molar-refractivity contribution < 1.29 is 0 Å². The smallest absolute Gasteiger partial charge is 0.0681 e. The summed E-state index contributed by atoms with van der Waals surface area (Å²) in [6.45, 7) is 0.502. The zero-order chi connectivity index (χ0) is 10.3. The van der Waals surface area contributed by atoms with Gasteiger partial charge in [0.15, 0.2) is 0 Å². The van der Waals surface area contributed by atoms with Crippen LogP contribution in [0, 0.1) is 0 Å². The number of halogens is 2. The molecule has 0 saturated carbocycles. The molecule has 0 fully saturated rings. The van der Waals surface area contributed by atoms with Gasteiger partial charge in [0.25, 0.3) is 0 Å². The van der Waals surface area contributed by atoms with Crippen LogP contribution in [0.2, 0.25) is 5.02 Å². The minimum atomic E-state index is 0.502. The predicted octanol–water partition coefficient (Wildman–Crippen LogP) is 3.05. The number of para-hydroxylation sites is 1. The number of nitrogens with zero attached hydrogens (tertiary/aromatic N) is 1. The molecule has 2 nitrogen and oxygen atoms in total. The lowest BCUT2D eigenvalue weighted by Crippen LogP contribution is -2.03. The second-order valence-electron chi connectivity index (χ2n) is 3.16. The first-order valence-electron chi connectivity index (χ1n) is 4.28. The molecule has 0 atom stereocenters. The molecule has 0 saturated heterocycles. The summed E-state index contributed by atoms with van der Waals surface area (Å²) in [5.74, 6) is 0. The molecular formula is C10H10BrClN2. The molecule has 0 aliphatic heterocycles. The van der Waals surface area contributed by atoms with Crippen molar-refractivity contribution >= 4 is 38.4 Å². The van der Waals surface area contributed by atoms with Crippen LogP contribution in [0.1, 0.15) is 5.69 Å². The van der Waals surface area contributed by atoms with Gasteiger partial charge in [0, 0.05) is 29.1 Å². The van der Waals surface area contributed by atoms with Crippen molar-refractivity contribution in [3.8, 4) is 0 Å². The Morgan fingerprint density at radius 3 is 2.79 bits per heavy atom. The van der Waals surface area contributed by atoms with Gasteiger partial charge in [-0.15, -0.1) is 0 Å². The van der Waals surface area contributed by atoms with Gasteiger partial charge in [-0.2, -0.15) is 0 Å². The van der Waals surface area contributed by atoms with E-state index >= 15 is 0 Å². The van der Waals surface area contributed by atoms with E-state index in [0.717, 1.165) is 26.1 Å². The number of aryl methyl sites for hydroxylation is 1. The van der Waals surface area contributed by atoms with Crippen molar-refractivity contribution in [2.24, 2.45) is 12.8 Å². The van der Waals surface area contributed by atoms with Crippen LogP contribution in [0.3, 0.4) is 0 Å². The third kappa shape index (κ3) is 1.28. The summed E-state index contributed by atoms with van der Waals surface area (Å²) in [4.78, 5) is 0. The maximum atomic E-state index is 6.12. The topological polar surface area (TPSA) is 30.9 Å². The van der Waals surface area contributed by atoms with Crippen molar-refractivity contribution in [2.75, 3.05) is 0 Å². The van der Waals surface area contributed by atoms with E-state index in [2.05, 4.69) is 15.9 Å². The average molecular weight is 274 g/mol. The van der Waals surface area contributed by atoms with E-state index in [1.54, 1.807) is 0 Å². The van der Waals surface area contributed by atoms with Gasteiger partial charge in [0.2, 0.25) is 0 Å². The normalized spacial score (nSPS) is 11.1. The number of benzene rings is 1. The molecule has 14 heavy (non-hydrogen) atoms. The largest absolute Gasteiger partial charge is 0.344 e. The van der Waals surface area contributed by atoms with Crippen molar-refractivity contribution in [3.05, 3.63) is 33.4 Å². The molecular weight excluding hydrogens is 263 g/mol. The summed E-state index contributed by atoms with van der Waals surface area (Å²) in [7, 11) is 1.97. The van der Waals surface area contributed by atoms with Gasteiger partial charge in [-0.05, 0) is 22.0 Å². The lowest BCUT2D eigenvalue weighted by atomic mass is 10.2. The van der Waals surface area contributed by atoms with Gasteiger partial charge in [-0.1, -0.05) is 23.7 Å². The summed E-state index contributed by atoms with van der Waals surface area (Å²) in [5.41, 5.74) is 7.76. The molecule has 0 spiro atoms. The second kappa shape index (κ2) is 3.57. The Labute approximate surface area is 95.8 Å². The van der Waals surface area contributed by atoms with Crippen molar-refractivity contribution in [1.29, 1.82) is 0 Å². The minimum absolute atomic E-state index is 0.502. The maximum absolute atomic E-state index is 6.12. The number of hydrogen-bond acceptors (Lipinski definition) is 1. The Kier molecular flexibility index (Phi) is 2.56. The van der Waals surface area contributed by atoms with Crippen LogP contribution in [0.4, 0.5) is 0 Å². The molecule has 2 rings (SSSR count). The fraction of sp³-hybridized carbons (Fsp3) is 0.200. The molecule has 74 valence electrons. The van der Waals surface area contributed by atoms with Crippen LogP contribution in [0.5, 0.6) is 0 Å². The number of aromatic nitrogens is 1. The maximum Gasteiger partial charge on any atom is 0.0681 e. The predicted molar refractivity (Wildman–Crippen MR) is 63.5 cm³/mol. The van der Waals surface area contributed by atoms with Gasteiger partial charge in [0.05, 0.1) is 10.5 Å². The quantitative estimate of drug-likeness (QED) is 0.850. The Hall–Kier alpha value is -0.510. The molecule has 2 aromatic rings. The summed E-state index contributed by atoms with van der Waals surface area (Å²) in [6, 6.07) is 5.86. The van der Waals surface area contributed by atoms with Crippen LogP contribution >= 0.6 is 27.5 Å². The van der Waals surface area contributed by atoms with Crippen LogP contribution < -0.4 is 5.73 Å². The Morgan fingerprint density at radius 2 is 2.21 bits per heavy atom. The molecule has 1 aromatic heterocycles. The number of hydrogen-bond donors (Lipinski definition) is 1. The van der Waals surface area contributed by atoms with E-state index in [1.165, 1.54) is 0 Å². The fourth-order valence-corrected chi connectivity index (χ4v) is 2.75. The van der Waals surface area contributed by atoms with Crippen LogP contribution in [-0.2, 0) is 13.6 Å². The van der Waals surface area contributed by atoms with Crippen LogP contribution in [0.15, 0.2) is 22.7 Å². The van der Waals surface area contributed by atoms with Gasteiger partial charge < -0.3 is 10.3 Å². The third-order valence-electron chi connectivity index (χ3n) is 2.41. The highest BCUT2D eigenvalue weighted by Gasteiger charge is 2.13. The molecule has 1 aromatic carbocycles. The number of nitrogens with two attached hydrogens (primary N) is 1. The highest BCUT2D eigenvalue weighted by molar-refractivity contribution is 9.10. The van der Waals surface area contributed by atoms with Gasteiger partial charge in [-0.3, -0.25) is 0 Å². The highest BCUT2D eigenvalue weighted by Crippen LogP contribution is 2.33. The highest BCUT2D eigenvalue weighted by atomic mass is 79.9. The Bertz CT molecular complexity index is 490. The fourth-order valence-electron chi connectivity index (χ4n) is 1.70. The standard InChI is InChI=1S/C10H10BrClN2/c1-14-8(5-13)9(11)6-3-2-4-7(12)10(6)14/h2-4H,5,13H2,1H3. The molecule has 0 aliphatic rings. The lowest BCUT2D eigenvalue weighted by Gasteiger charge is -2.01. The van der Waals surface area contributed by atoms with Crippen molar-refractivity contribution in [3.63, 3.8) is 0 Å². The average Bonchev–Trinajstić information content (AvgIpc) is 2.41. The molecule has 0 bridgehead atoms. The number of fused-ring (bicyclic) bond motifs is 1. The zero-order valence-corrected chi connectivity index (χ0v) is 10.1. The molecule has 4 heteroatoms. The van der Waals surface area contributed by atoms with Gasteiger partial charge >= 0.3 is 0 Å². The zero-order valence-electron chi connectivity index (χ0n) is 7.72. The first-order chi connectivity index (χ1) is 6.66.